The van der Waals surface area contributed by atoms with Crippen LogP contribution in [0.5, 0.6) is 5.75 Å². The van der Waals surface area contributed by atoms with Gasteiger partial charge in [0.25, 0.3) is 5.91 Å². The fraction of sp³-hybridized carbons (Fsp3) is 0.133. The minimum atomic E-state index is -0.184. The van der Waals surface area contributed by atoms with Crippen LogP contribution in [-0.4, -0.2) is 12.5 Å². The molecule has 0 aliphatic heterocycles. The Kier molecular flexibility index (Phi) is 5.42. The lowest BCUT2D eigenvalue weighted by molar-refractivity contribution is 0.102. The molecular weight excluding hydrogens is 433 g/mol. The molecule has 3 nitrogen and oxygen atoms in total. The Morgan fingerprint density at radius 1 is 1.25 bits per heavy atom. The maximum atomic E-state index is 12.3. The number of hydrogen-bond donors (Lipinski definition) is 1. The van der Waals surface area contributed by atoms with Crippen LogP contribution in [0, 0.1) is 3.57 Å². The van der Waals surface area contributed by atoms with Crippen LogP contribution in [0.2, 0.25) is 0 Å². The molecule has 0 saturated heterocycles. The Morgan fingerprint density at radius 2 is 1.95 bits per heavy atom. The monoisotopic (exact) mass is 445 g/mol. The second kappa shape index (κ2) is 7.08. The molecule has 20 heavy (non-hydrogen) atoms. The molecule has 0 fully saturated rings. The van der Waals surface area contributed by atoms with E-state index in [0.29, 0.717) is 17.9 Å². The summed E-state index contributed by atoms with van der Waals surface area (Å²) in [5.41, 5.74) is 1.28. The highest BCUT2D eigenvalue weighted by Gasteiger charge is 2.13. The van der Waals surface area contributed by atoms with Gasteiger partial charge in [0, 0.05) is 13.7 Å². The largest absolute Gasteiger partial charge is 0.493 e. The summed E-state index contributed by atoms with van der Waals surface area (Å²) in [6.45, 7) is 2.41. The molecule has 2 rings (SSSR count). The van der Waals surface area contributed by atoms with Gasteiger partial charge in [-0.15, -0.1) is 0 Å². The van der Waals surface area contributed by atoms with Crippen molar-refractivity contribution in [2.75, 3.05) is 11.9 Å². The van der Waals surface area contributed by atoms with Gasteiger partial charge in [-0.05, 0) is 72.0 Å². The van der Waals surface area contributed by atoms with Gasteiger partial charge in [0.1, 0.15) is 5.75 Å². The molecule has 0 bridgehead atoms. The van der Waals surface area contributed by atoms with Gasteiger partial charge in [0.15, 0.2) is 0 Å². The molecule has 0 atom stereocenters. The average molecular weight is 446 g/mol. The first-order chi connectivity index (χ1) is 9.60. The molecule has 0 unspecified atom stereocenters. The number of hydrogen-bond acceptors (Lipinski definition) is 2. The first-order valence-electron chi connectivity index (χ1n) is 6.09. The number of carbonyl (C=O) groups excluding carboxylic acids is 1. The molecule has 0 aliphatic rings. The average Bonchev–Trinajstić information content (AvgIpc) is 2.43. The number of amides is 1. The molecule has 0 aromatic heterocycles. The Labute approximate surface area is 140 Å². The lowest BCUT2D eigenvalue weighted by Gasteiger charge is -2.11. The van der Waals surface area contributed by atoms with E-state index < -0.39 is 0 Å². The van der Waals surface area contributed by atoms with Gasteiger partial charge >= 0.3 is 0 Å². The lowest BCUT2D eigenvalue weighted by atomic mass is 10.2. The molecule has 1 amide bonds. The minimum absolute atomic E-state index is 0.184. The lowest BCUT2D eigenvalue weighted by Crippen LogP contribution is -2.13. The third-order valence-electron chi connectivity index (χ3n) is 2.59. The second-order valence-electron chi connectivity index (χ2n) is 4.03. The normalized spacial score (nSPS) is 10.2. The predicted molar refractivity (Wildman–Crippen MR) is 92.4 cm³/mol. The highest BCUT2D eigenvalue weighted by Crippen LogP contribution is 2.24. The Hall–Kier alpha value is -1.08. The molecule has 0 saturated carbocycles. The number of rotatable bonds is 4. The summed E-state index contributed by atoms with van der Waals surface area (Å²) in [6.07, 6.45) is 0. The van der Waals surface area contributed by atoms with E-state index in [9.17, 15) is 4.79 Å². The fourth-order valence-electron chi connectivity index (χ4n) is 1.69. The third kappa shape index (κ3) is 3.96. The van der Waals surface area contributed by atoms with Crippen LogP contribution < -0.4 is 10.1 Å². The Balaban J connectivity index is 2.23. The first-order valence-corrected chi connectivity index (χ1v) is 7.96. The summed E-state index contributed by atoms with van der Waals surface area (Å²) in [7, 11) is 0. The van der Waals surface area contributed by atoms with Crippen LogP contribution in [0.1, 0.15) is 17.3 Å². The summed E-state index contributed by atoms with van der Waals surface area (Å²) in [4.78, 5) is 12.3. The summed E-state index contributed by atoms with van der Waals surface area (Å²) >= 11 is 5.60. The van der Waals surface area contributed by atoms with E-state index >= 15 is 0 Å². The van der Waals surface area contributed by atoms with Gasteiger partial charge < -0.3 is 10.1 Å². The van der Waals surface area contributed by atoms with Gasteiger partial charge in [-0.2, -0.15) is 0 Å². The number of anilines is 1. The molecular formula is C15H13BrINO2. The van der Waals surface area contributed by atoms with E-state index in [-0.39, 0.29) is 5.91 Å². The number of carbonyl (C=O) groups is 1. The predicted octanol–water partition coefficient (Wildman–Crippen LogP) is 4.70. The van der Waals surface area contributed by atoms with Gasteiger partial charge in [-0.1, -0.05) is 15.9 Å². The van der Waals surface area contributed by atoms with E-state index in [1.165, 1.54) is 0 Å². The van der Waals surface area contributed by atoms with E-state index in [2.05, 4.69) is 43.8 Å². The smallest absolute Gasteiger partial charge is 0.259 e. The maximum Gasteiger partial charge on any atom is 0.259 e. The van der Waals surface area contributed by atoms with Gasteiger partial charge in [-0.3, -0.25) is 4.79 Å². The van der Waals surface area contributed by atoms with Crippen molar-refractivity contribution in [2.24, 2.45) is 0 Å². The number of nitrogens with one attached hydrogen (secondary N) is 1. The van der Waals surface area contributed by atoms with Crippen molar-refractivity contribution in [1.82, 2.24) is 0 Å². The van der Waals surface area contributed by atoms with Crippen LogP contribution >= 0.6 is 38.5 Å². The van der Waals surface area contributed by atoms with Crippen molar-refractivity contribution in [3.05, 3.63) is 56.1 Å². The van der Waals surface area contributed by atoms with Crippen molar-refractivity contribution in [3.63, 3.8) is 0 Å². The molecule has 5 heteroatoms. The fourth-order valence-corrected chi connectivity index (χ4v) is 2.41. The van der Waals surface area contributed by atoms with Gasteiger partial charge in [-0.25, -0.2) is 0 Å². The summed E-state index contributed by atoms with van der Waals surface area (Å²) in [5, 5.41) is 2.87. The summed E-state index contributed by atoms with van der Waals surface area (Å²) in [6, 6.07) is 13.0. The Morgan fingerprint density at radius 3 is 2.60 bits per heavy atom. The number of benzene rings is 2. The van der Waals surface area contributed by atoms with Crippen LogP contribution in [-0.2, 0) is 0 Å². The molecule has 2 aromatic rings. The van der Waals surface area contributed by atoms with Crippen molar-refractivity contribution >= 4 is 50.1 Å². The van der Waals surface area contributed by atoms with E-state index in [4.69, 9.17) is 4.74 Å². The number of halogens is 2. The first kappa shape index (κ1) is 15.3. The van der Waals surface area contributed by atoms with Gasteiger partial charge in [0.2, 0.25) is 0 Å². The quantitative estimate of drug-likeness (QED) is 0.692. The summed E-state index contributed by atoms with van der Waals surface area (Å²) in [5.74, 6) is 0.398. The van der Waals surface area contributed by atoms with Crippen LogP contribution in [0.3, 0.4) is 0 Å². The SMILES string of the molecule is CCOc1ccc(Br)cc1C(=O)Nc1ccc(I)cc1. The Bertz CT molecular complexity index is 614. The van der Waals surface area contributed by atoms with Crippen LogP contribution in [0.4, 0.5) is 5.69 Å². The minimum Gasteiger partial charge on any atom is -0.493 e. The molecule has 0 spiro atoms. The number of ether oxygens (including phenoxy) is 1. The molecule has 0 radical (unpaired) electrons. The highest BCUT2D eigenvalue weighted by atomic mass is 127. The standard InChI is InChI=1S/C15H13BrINO2/c1-2-20-14-8-3-10(16)9-13(14)15(19)18-12-6-4-11(17)5-7-12/h3-9H,2H2,1H3,(H,18,19). The van der Waals surface area contributed by atoms with E-state index in [1.807, 2.05) is 37.3 Å². The molecule has 0 aliphatic carbocycles. The zero-order valence-corrected chi connectivity index (χ0v) is 14.6. The van der Waals surface area contributed by atoms with Crippen molar-refractivity contribution < 1.29 is 9.53 Å². The van der Waals surface area contributed by atoms with Crippen molar-refractivity contribution in [3.8, 4) is 5.75 Å². The third-order valence-corrected chi connectivity index (χ3v) is 3.80. The van der Waals surface area contributed by atoms with Crippen molar-refractivity contribution in [2.45, 2.75) is 6.92 Å². The molecule has 2 aromatic carbocycles. The topological polar surface area (TPSA) is 38.3 Å². The summed E-state index contributed by atoms with van der Waals surface area (Å²) < 4.78 is 7.45. The zero-order valence-electron chi connectivity index (χ0n) is 10.8. The van der Waals surface area contributed by atoms with Gasteiger partial charge in [0.05, 0.1) is 12.2 Å². The molecule has 0 heterocycles. The van der Waals surface area contributed by atoms with Crippen LogP contribution in [0.25, 0.3) is 0 Å². The van der Waals surface area contributed by atoms with E-state index in [0.717, 1.165) is 13.7 Å². The van der Waals surface area contributed by atoms with Crippen LogP contribution in [0.15, 0.2) is 46.9 Å². The van der Waals surface area contributed by atoms with Crippen molar-refractivity contribution in [1.29, 1.82) is 0 Å². The molecule has 1 N–H and O–H groups in total. The van der Waals surface area contributed by atoms with E-state index in [1.54, 1.807) is 12.1 Å². The maximum absolute atomic E-state index is 12.3. The second-order valence-corrected chi connectivity index (χ2v) is 6.20. The zero-order chi connectivity index (χ0) is 14.5. The highest BCUT2D eigenvalue weighted by molar-refractivity contribution is 14.1. The molecule has 104 valence electrons.